The van der Waals surface area contributed by atoms with E-state index in [0.717, 1.165) is 12.1 Å². The van der Waals surface area contributed by atoms with Gasteiger partial charge in [-0.05, 0) is 24.3 Å². The van der Waals surface area contributed by atoms with Crippen molar-refractivity contribution in [2.75, 3.05) is 26.4 Å². The van der Waals surface area contributed by atoms with Crippen molar-refractivity contribution in [1.82, 2.24) is 9.13 Å². The molecule has 0 unspecified atom stereocenters. The van der Waals surface area contributed by atoms with Gasteiger partial charge in [-0.2, -0.15) is 0 Å². The summed E-state index contributed by atoms with van der Waals surface area (Å²) >= 11 is 0. The summed E-state index contributed by atoms with van der Waals surface area (Å²) < 4.78 is 52.2. The molecule has 6 rings (SSSR count). The topological polar surface area (TPSA) is 98.0 Å². The highest BCUT2D eigenvalue weighted by molar-refractivity contribution is 5.89. The summed E-state index contributed by atoms with van der Waals surface area (Å²) in [4.78, 5) is 34.4. The van der Waals surface area contributed by atoms with E-state index in [2.05, 4.69) is 6.58 Å². The molecule has 2 aromatic heterocycles. The average Bonchev–Trinajstić information content (AvgIpc) is 2.93. The van der Waals surface area contributed by atoms with E-state index in [9.17, 15) is 23.2 Å². The monoisotopic (exact) mass is 524 g/mol. The smallest absolute Gasteiger partial charge is 0.254 e. The third-order valence-corrected chi connectivity index (χ3v) is 6.02. The van der Waals surface area contributed by atoms with Crippen LogP contribution < -0.4 is 30.1 Å². The van der Waals surface area contributed by atoms with E-state index >= 15 is 0 Å². The molecule has 2 aliphatic heterocycles. The fourth-order valence-corrected chi connectivity index (χ4v) is 4.44. The van der Waals surface area contributed by atoms with Crippen molar-refractivity contribution in [3.8, 4) is 23.0 Å². The quantitative estimate of drug-likeness (QED) is 0.299. The first-order valence-corrected chi connectivity index (χ1v) is 11.7. The van der Waals surface area contributed by atoms with Gasteiger partial charge in [-0.3, -0.25) is 14.2 Å². The lowest BCUT2D eigenvalue weighted by Crippen LogP contribution is -2.23. The molecule has 196 valence electrons. The molecule has 4 aromatic rings. The second-order valence-corrected chi connectivity index (χ2v) is 8.31. The number of fused-ring (bicyclic) bond motifs is 6. The Morgan fingerprint density at radius 3 is 1.63 bits per heavy atom. The predicted molar refractivity (Wildman–Crippen MR) is 135 cm³/mol. The summed E-state index contributed by atoms with van der Waals surface area (Å²) in [5.74, 6) is 0.505. The Hall–Kier alpha value is -4.67. The summed E-state index contributed by atoms with van der Waals surface area (Å²) in [5, 5.41) is 0.566. The van der Waals surface area contributed by atoms with Crippen LogP contribution in [0.3, 0.4) is 0 Å². The van der Waals surface area contributed by atoms with Crippen molar-refractivity contribution >= 4 is 28.1 Å². The zero-order valence-corrected chi connectivity index (χ0v) is 20.1. The average molecular weight is 524 g/mol. The molecule has 0 fully saturated rings. The Kier molecular flexibility index (Phi) is 6.82. The van der Waals surface area contributed by atoms with E-state index < -0.39 is 22.8 Å². The number of aromatic nitrogens is 2. The summed E-state index contributed by atoms with van der Waals surface area (Å²) in [6.45, 7) is 5.28. The largest absolute Gasteiger partial charge is 0.486 e. The molecule has 38 heavy (non-hydrogen) atoms. The van der Waals surface area contributed by atoms with E-state index in [1.165, 1.54) is 15.2 Å². The Labute approximate surface area is 214 Å². The van der Waals surface area contributed by atoms with Gasteiger partial charge in [0, 0.05) is 29.4 Å². The van der Waals surface area contributed by atoms with Gasteiger partial charge in [0.15, 0.2) is 23.0 Å². The Morgan fingerprint density at radius 2 is 1.18 bits per heavy atom. The maximum atomic E-state index is 13.9. The maximum absolute atomic E-state index is 13.9. The Morgan fingerprint density at radius 1 is 0.737 bits per heavy atom. The summed E-state index contributed by atoms with van der Waals surface area (Å²) in [7, 11) is 0. The minimum absolute atomic E-state index is 0.157. The number of pyridine rings is 2. The van der Waals surface area contributed by atoms with Crippen LogP contribution in [0.2, 0.25) is 0 Å². The third-order valence-electron chi connectivity index (χ3n) is 6.02. The van der Waals surface area contributed by atoms with Crippen LogP contribution in [-0.4, -0.2) is 41.8 Å². The van der Waals surface area contributed by atoms with Crippen molar-refractivity contribution in [2.45, 2.75) is 13.1 Å². The zero-order chi connectivity index (χ0) is 26.8. The van der Waals surface area contributed by atoms with Crippen molar-refractivity contribution in [2.24, 2.45) is 0 Å². The molecular weight excluding hydrogens is 502 g/mol. The summed E-state index contributed by atoms with van der Waals surface area (Å²) in [5.41, 5.74) is -0.330. The van der Waals surface area contributed by atoms with Gasteiger partial charge in [0.2, 0.25) is 0 Å². The number of rotatable bonds is 4. The molecule has 0 amide bonds. The number of aldehydes is 1. The highest BCUT2D eigenvalue weighted by Crippen LogP contribution is 2.38. The number of nitrogens with zero attached hydrogens (tertiary/aromatic N) is 2. The van der Waals surface area contributed by atoms with E-state index in [1.54, 1.807) is 24.3 Å². The highest BCUT2D eigenvalue weighted by atomic mass is 19.1. The molecule has 0 spiro atoms. The molecule has 0 radical (unpaired) electrons. The first kappa shape index (κ1) is 25.0. The number of ether oxygens (including phenoxy) is 4. The van der Waals surface area contributed by atoms with Crippen LogP contribution in [0.15, 0.2) is 58.6 Å². The molecular formula is C27H22F2N2O7. The van der Waals surface area contributed by atoms with E-state index in [4.69, 9.17) is 18.9 Å². The van der Waals surface area contributed by atoms with Gasteiger partial charge < -0.3 is 28.3 Å². The first-order valence-electron chi connectivity index (χ1n) is 11.7. The number of carbonyl (C=O) groups excluding carboxylic acids is 1. The van der Waals surface area contributed by atoms with Gasteiger partial charge in [-0.25, -0.2) is 8.78 Å². The van der Waals surface area contributed by atoms with Crippen LogP contribution in [-0.2, 0) is 17.9 Å². The van der Waals surface area contributed by atoms with Gasteiger partial charge in [0.05, 0.1) is 6.54 Å². The van der Waals surface area contributed by atoms with Gasteiger partial charge in [0.1, 0.15) is 55.4 Å². The van der Waals surface area contributed by atoms with Crippen molar-refractivity contribution in [3.05, 3.63) is 81.4 Å². The molecule has 0 saturated carbocycles. The molecule has 0 atom stereocenters. The van der Waals surface area contributed by atoms with E-state index in [0.29, 0.717) is 66.6 Å². The second kappa shape index (κ2) is 10.4. The van der Waals surface area contributed by atoms with Crippen LogP contribution in [0.1, 0.15) is 0 Å². The first-order chi connectivity index (χ1) is 18.4. The maximum Gasteiger partial charge on any atom is 0.254 e. The summed E-state index contributed by atoms with van der Waals surface area (Å²) in [6, 6.07) is 8.19. The Balaban J connectivity index is 0.000000155. The lowest BCUT2D eigenvalue weighted by molar-refractivity contribution is -0.108. The number of allylic oxidation sites excluding steroid dienone is 1. The molecule has 2 aliphatic rings. The number of carbonyl (C=O) groups is 1. The number of hydrogen-bond donors (Lipinski definition) is 0. The molecule has 2 aromatic carbocycles. The Bertz CT molecular complexity index is 1570. The molecule has 0 aliphatic carbocycles. The molecule has 4 heterocycles. The third kappa shape index (κ3) is 4.36. The lowest BCUT2D eigenvalue weighted by atomic mass is 10.1. The second-order valence-electron chi connectivity index (χ2n) is 8.31. The minimum atomic E-state index is -0.640. The normalized spacial score (nSPS) is 13.5. The molecule has 11 heteroatoms. The van der Waals surface area contributed by atoms with Crippen LogP contribution in [0.4, 0.5) is 8.78 Å². The van der Waals surface area contributed by atoms with Crippen LogP contribution >= 0.6 is 0 Å². The van der Waals surface area contributed by atoms with E-state index in [1.807, 2.05) is 0 Å². The lowest BCUT2D eigenvalue weighted by Gasteiger charge is -2.21. The van der Waals surface area contributed by atoms with Gasteiger partial charge in [0.25, 0.3) is 11.1 Å². The zero-order valence-electron chi connectivity index (χ0n) is 20.1. The van der Waals surface area contributed by atoms with Gasteiger partial charge in [-0.15, -0.1) is 6.58 Å². The molecule has 0 saturated heterocycles. The number of halogens is 2. The van der Waals surface area contributed by atoms with Gasteiger partial charge >= 0.3 is 0 Å². The SMILES string of the molecule is C=CCn1c(=O)cc(F)c2ccc3c(c21)OCCO3.O=CCn1c(=O)cc(F)c2ccc3c(c21)OCCO3. The summed E-state index contributed by atoms with van der Waals surface area (Å²) in [6.07, 6.45) is 2.17. The predicted octanol–water partition coefficient (Wildman–Crippen LogP) is 3.21. The number of benzene rings is 2. The molecule has 0 N–H and O–H groups in total. The molecule has 0 bridgehead atoms. The fourth-order valence-electron chi connectivity index (χ4n) is 4.44. The number of hydrogen-bond acceptors (Lipinski definition) is 7. The van der Waals surface area contributed by atoms with Crippen LogP contribution in [0.25, 0.3) is 21.8 Å². The van der Waals surface area contributed by atoms with Crippen molar-refractivity contribution in [3.63, 3.8) is 0 Å². The van der Waals surface area contributed by atoms with Crippen LogP contribution in [0.5, 0.6) is 23.0 Å². The van der Waals surface area contributed by atoms with Crippen molar-refractivity contribution < 1.29 is 32.5 Å². The minimum Gasteiger partial charge on any atom is -0.486 e. The van der Waals surface area contributed by atoms with E-state index in [-0.39, 0.29) is 24.0 Å². The van der Waals surface area contributed by atoms with Gasteiger partial charge in [-0.1, -0.05) is 6.08 Å². The fraction of sp³-hybridized carbons (Fsp3) is 0.222. The standard InChI is InChI=1S/C14H12FNO3.C13H10FNO4/c1-2-5-16-12(17)8-10(15)9-3-4-11-14(13(9)16)19-7-6-18-11;14-9-7-11(17)15(3-4-16)12-8(9)1-2-10-13(12)19-6-5-18-10/h2-4,8H,1,5-7H2;1-2,4,7H,3,5-6H2. The van der Waals surface area contributed by atoms with Crippen LogP contribution in [0, 0.1) is 11.6 Å². The van der Waals surface area contributed by atoms with Crippen molar-refractivity contribution in [1.29, 1.82) is 0 Å². The molecule has 9 nitrogen and oxygen atoms in total. The highest BCUT2D eigenvalue weighted by Gasteiger charge is 2.21.